The Labute approximate surface area is 120 Å². The average molecular weight is 273 g/mol. The van der Waals surface area contributed by atoms with Crippen molar-refractivity contribution in [3.63, 3.8) is 0 Å². The van der Waals surface area contributed by atoms with Crippen LogP contribution >= 0.6 is 0 Å². The van der Waals surface area contributed by atoms with Gasteiger partial charge in [-0.15, -0.1) is 0 Å². The Hall–Kier alpha value is -1.58. The van der Waals surface area contributed by atoms with E-state index in [4.69, 9.17) is 15.9 Å². The third-order valence-corrected chi connectivity index (χ3v) is 6.02. The van der Waals surface area contributed by atoms with Crippen LogP contribution in [0.15, 0.2) is 18.3 Å². The Morgan fingerprint density at radius 1 is 1.40 bits per heavy atom. The topological polar surface area (TPSA) is 72.0 Å². The van der Waals surface area contributed by atoms with Crippen LogP contribution < -0.4 is 10.5 Å². The molecule has 1 aromatic rings. The number of nitrogens with two attached hydrogens (primary N) is 1. The summed E-state index contributed by atoms with van der Waals surface area (Å²) in [7, 11) is 0. The second kappa shape index (κ2) is 4.21. The van der Waals surface area contributed by atoms with E-state index in [9.17, 15) is 0 Å². The van der Waals surface area contributed by atoms with Gasteiger partial charge in [-0.1, -0.05) is 20.8 Å². The lowest BCUT2D eigenvalue weighted by Gasteiger charge is -2.38. The first-order valence-electron chi connectivity index (χ1n) is 7.32. The van der Waals surface area contributed by atoms with Crippen molar-refractivity contribution in [2.75, 3.05) is 0 Å². The van der Waals surface area contributed by atoms with Crippen LogP contribution in [0.5, 0.6) is 5.88 Å². The number of aromatic nitrogens is 1. The summed E-state index contributed by atoms with van der Waals surface area (Å²) in [4.78, 5) is 4.28. The fourth-order valence-electron chi connectivity index (χ4n) is 4.06. The van der Waals surface area contributed by atoms with Crippen LogP contribution in [0.1, 0.15) is 45.6 Å². The Balaban J connectivity index is 1.78. The van der Waals surface area contributed by atoms with Crippen molar-refractivity contribution >= 4 is 5.84 Å². The van der Waals surface area contributed by atoms with Gasteiger partial charge >= 0.3 is 0 Å². The molecule has 0 radical (unpaired) electrons. The van der Waals surface area contributed by atoms with Crippen LogP contribution in [0.2, 0.25) is 0 Å². The summed E-state index contributed by atoms with van der Waals surface area (Å²) < 4.78 is 6.16. The van der Waals surface area contributed by atoms with Crippen molar-refractivity contribution < 1.29 is 4.74 Å². The van der Waals surface area contributed by atoms with Gasteiger partial charge in [0.25, 0.3) is 0 Å². The van der Waals surface area contributed by atoms with E-state index >= 15 is 0 Å². The molecule has 2 bridgehead atoms. The van der Waals surface area contributed by atoms with E-state index in [0.717, 1.165) is 12.3 Å². The van der Waals surface area contributed by atoms with Crippen LogP contribution in [-0.2, 0) is 0 Å². The molecule has 0 aliphatic heterocycles. The van der Waals surface area contributed by atoms with Crippen LogP contribution in [0.3, 0.4) is 0 Å². The quantitative estimate of drug-likeness (QED) is 0.657. The Bertz CT molecular complexity index is 537. The molecular weight excluding hydrogens is 250 g/mol. The average Bonchev–Trinajstić information content (AvgIpc) is 2.72. The fraction of sp³-hybridized carbons (Fsp3) is 0.625. The minimum Gasteiger partial charge on any atom is -0.474 e. The molecule has 0 spiro atoms. The normalized spacial score (nSPS) is 34.1. The van der Waals surface area contributed by atoms with Crippen LogP contribution in [0.25, 0.3) is 0 Å². The fourth-order valence-corrected chi connectivity index (χ4v) is 4.06. The van der Waals surface area contributed by atoms with Crippen molar-refractivity contribution in [1.29, 1.82) is 5.41 Å². The molecule has 0 aromatic carbocycles. The molecule has 0 saturated heterocycles. The summed E-state index contributed by atoms with van der Waals surface area (Å²) in [5, 5.41) is 7.38. The van der Waals surface area contributed by atoms with E-state index in [2.05, 4.69) is 25.8 Å². The molecule has 1 heterocycles. The van der Waals surface area contributed by atoms with Gasteiger partial charge in [-0.2, -0.15) is 0 Å². The molecule has 4 heteroatoms. The highest BCUT2D eigenvalue weighted by Crippen LogP contribution is 2.66. The van der Waals surface area contributed by atoms with E-state index in [1.807, 2.05) is 6.07 Å². The van der Waals surface area contributed by atoms with Crippen molar-refractivity contribution in [2.45, 2.75) is 46.1 Å². The number of hydrogen-bond donors (Lipinski definition) is 2. The van der Waals surface area contributed by atoms with Gasteiger partial charge in [-0.3, -0.25) is 5.41 Å². The molecule has 3 unspecified atom stereocenters. The van der Waals surface area contributed by atoms with E-state index in [1.165, 1.54) is 12.8 Å². The molecule has 4 nitrogen and oxygen atoms in total. The lowest BCUT2D eigenvalue weighted by molar-refractivity contribution is 0.0273. The Morgan fingerprint density at radius 2 is 2.15 bits per heavy atom. The number of amidine groups is 1. The third-order valence-electron chi connectivity index (χ3n) is 6.02. The molecule has 2 saturated carbocycles. The number of hydrogen-bond acceptors (Lipinski definition) is 3. The Kier molecular flexibility index (Phi) is 2.82. The van der Waals surface area contributed by atoms with E-state index in [1.54, 1.807) is 12.3 Å². The highest BCUT2D eigenvalue weighted by Gasteiger charge is 2.62. The van der Waals surface area contributed by atoms with Crippen molar-refractivity contribution in [3.05, 3.63) is 23.9 Å². The molecule has 2 fully saturated rings. The predicted molar refractivity (Wildman–Crippen MR) is 78.9 cm³/mol. The monoisotopic (exact) mass is 273 g/mol. The standard InChI is InChI=1S/C16H23N3O/c1-15(2)11-6-7-16(15,3)12(8-11)20-13-5-4-10(9-19-13)14(17)18/h4-5,9,11-12H,6-8H2,1-3H3,(H3,17,18). The highest BCUT2D eigenvalue weighted by molar-refractivity contribution is 5.94. The first kappa shape index (κ1) is 13.4. The van der Waals surface area contributed by atoms with E-state index < -0.39 is 0 Å². The van der Waals surface area contributed by atoms with Gasteiger partial charge < -0.3 is 10.5 Å². The largest absolute Gasteiger partial charge is 0.474 e. The minimum atomic E-state index is 0.0390. The van der Waals surface area contributed by atoms with Gasteiger partial charge in [-0.05, 0) is 36.7 Å². The van der Waals surface area contributed by atoms with Gasteiger partial charge in [-0.25, -0.2) is 4.98 Å². The maximum atomic E-state index is 7.38. The second-order valence-corrected chi connectivity index (χ2v) is 7.02. The first-order chi connectivity index (χ1) is 9.34. The first-order valence-corrected chi connectivity index (χ1v) is 7.32. The molecular formula is C16H23N3O. The molecule has 1 aromatic heterocycles. The van der Waals surface area contributed by atoms with Gasteiger partial charge in [0, 0.05) is 23.2 Å². The molecule has 2 aliphatic carbocycles. The van der Waals surface area contributed by atoms with Crippen molar-refractivity contribution in [2.24, 2.45) is 22.5 Å². The second-order valence-electron chi connectivity index (χ2n) is 7.02. The number of nitrogen functional groups attached to an aromatic ring is 1. The van der Waals surface area contributed by atoms with Crippen molar-refractivity contribution in [1.82, 2.24) is 4.98 Å². The number of ether oxygens (including phenoxy) is 1. The third kappa shape index (κ3) is 1.74. The molecule has 108 valence electrons. The SMILES string of the molecule is CC1(C)C2CCC1(C)C(Oc1ccc(C(=N)N)cn1)C2. The van der Waals surface area contributed by atoms with Gasteiger partial charge in [0.05, 0.1) is 0 Å². The Morgan fingerprint density at radius 3 is 2.60 bits per heavy atom. The van der Waals surface area contributed by atoms with Gasteiger partial charge in [0.15, 0.2) is 0 Å². The number of fused-ring (bicyclic) bond motifs is 2. The lowest BCUT2D eigenvalue weighted by atomic mass is 9.70. The molecule has 3 atom stereocenters. The number of pyridine rings is 1. The molecule has 0 amide bonds. The molecule has 20 heavy (non-hydrogen) atoms. The summed E-state index contributed by atoms with van der Waals surface area (Å²) in [6.07, 6.45) is 5.53. The van der Waals surface area contributed by atoms with Gasteiger partial charge in [0.1, 0.15) is 11.9 Å². The van der Waals surface area contributed by atoms with Crippen LogP contribution in [-0.4, -0.2) is 16.9 Å². The summed E-state index contributed by atoms with van der Waals surface area (Å²) in [6.45, 7) is 7.11. The zero-order chi connectivity index (χ0) is 14.5. The van der Waals surface area contributed by atoms with Crippen LogP contribution in [0, 0.1) is 22.2 Å². The lowest BCUT2D eigenvalue weighted by Crippen LogP contribution is -2.39. The number of nitrogens with one attached hydrogen (secondary N) is 1. The summed E-state index contributed by atoms with van der Waals surface area (Å²) in [5.41, 5.74) is 6.65. The predicted octanol–water partition coefficient (Wildman–Crippen LogP) is 2.96. The zero-order valence-corrected chi connectivity index (χ0v) is 12.4. The number of nitrogens with zero attached hydrogens (tertiary/aromatic N) is 1. The summed E-state index contributed by atoms with van der Waals surface area (Å²) in [6, 6.07) is 3.62. The highest BCUT2D eigenvalue weighted by atomic mass is 16.5. The van der Waals surface area contributed by atoms with Gasteiger partial charge in [0.2, 0.25) is 5.88 Å². The summed E-state index contributed by atoms with van der Waals surface area (Å²) in [5.74, 6) is 1.44. The van der Waals surface area contributed by atoms with Crippen LogP contribution in [0.4, 0.5) is 0 Å². The molecule has 2 aliphatic rings. The van der Waals surface area contributed by atoms with E-state index in [-0.39, 0.29) is 17.4 Å². The minimum absolute atomic E-state index is 0.0390. The molecule has 3 rings (SSSR count). The van der Waals surface area contributed by atoms with Crippen molar-refractivity contribution in [3.8, 4) is 5.88 Å². The number of rotatable bonds is 3. The maximum absolute atomic E-state index is 7.38. The maximum Gasteiger partial charge on any atom is 0.213 e. The summed E-state index contributed by atoms with van der Waals surface area (Å²) >= 11 is 0. The van der Waals surface area contributed by atoms with E-state index in [0.29, 0.717) is 16.9 Å². The molecule has 3 N–H and O–H groups in total. The zero-order valence-electron chi connectivity index (χ0n) is 12.4. The smallest absolute Gasteiger partial charge is 0.213 e.